The minimum absolute atomic E-state index is 0.636. The standard InChI is InChI=1S/C21H27N5/c1-25(16-19-5-2-3-10-22-19)20-6-4-11-26(12-9-20)15-17-7-8-18-14-23-24-21(18)13-17/h2-3,5,7-8,10,13-14,20H,4,6,9,11-12,15-16H2,1H3,(H,23,24)/t20-/m1/s1. The van der Waals surface area contributed by atoms with Crippen LogP contribution in [0.2, 0.25) is 0 Å². The topological polar surface area (TPSA) is 48.1 Å². The van der Waals surface area contributed by atoms with E-state index in [1.807, 2.05) is 18.5 Å². The lowest BCUT2D eigenvalue weighted by Gasteiger charge is -2.27. The summed E-state index contributed by atoms with van der Waals surface area (Å²) in [5, 5.41) is 8.37. The van der Waals surface area contributed by atoms with Crippen LogP contribution < -0.4 is 0 Å². The molecule has 0 saturated carbocycles. The van der Waals surface area contributed by atoms with Crippen LogP contribution in [0, 0.1) is 0 Å². The molecule has 0 bridgehead atoms. The lowest BCUT2D eigenvalue weighted by atomic mass is 10.1. The van der Waals surface area contributed by atoms with E-state index in [2.05, 4.69) is 62.4 Å². The summed E-state index contributed by atoms with van der Waals surface area (Å²) in [6.45, 7) is 4.28. The highest BCUT2D eigenvalue weighted by Gasteiger charge is 2.20. The fourth-order valence-corrected chi connectivity index (χ4v) is 3.95. The molecule has 0 amide bonds. The molecular weight excluding hydrogens is 322 g/mol. The van der Waals surface area contributed by atoms with Crippen LogP contribution in [0.15, 0.2) is 48.8 Å². The first-order chi connectivity index (χ1) is 12.8. The van der Waals surface area contributed by atoms with Crippen molar-refractivity contribution in [2.24, 2.45) is 0 Å². The van der Waals surface area contributed by atoms with Crippen LogP contribution in [0.1, 0.15) is 30.5 Å². The molecule has 1 fully saturated rings. The van der Waals surface area contributed by atoms with E-state index in [0.717, 1.165) is 30.8 Å². The smallest absolute Gasteiger partial charge is 0.0653 e. The highest BCUT2D eigenvalue weighted by molar-refractivity contribution is 5.78. The van der Waals surface area contributed by atoms with Gasteiger partial charge in [-0.3, -0.25) is 19.9 Å². The maximum Gasteiger partial charge on any atom is 0.0653 e. The van der Waals surface area contributed by atoms with Crippen LogP contribution in [-0.4, -0.2) is 51.2 Å². The second-order valence-electron chi connectivity index (χ2n) is 7.39. The third-order valence-corrected chi connectivity index (χ3v) is 5.46. The number of nitrogens with one attached hydrogen (secondary N) is 1. The number of aromatic amines is 1. The van der Waals surface area contributed by atoms with E-state index in [1.54, 1.807) is 0 Å². The van der Waals surface area contributed by atoms with Crippen molar-refractivity contribution in [2.45, 2.75) is 38.4 Å². The molecule has 26 heavy (non-hydrogen) atoms. The molecule has 1 atom stereocenters. The number of pyridine rings is 1. The molecular formula is C21H27N5. The van der Waals surface area contributed by atoms with E-state index in [-0.39, 0.29) is 0 Å². The van der Waals surface area contributed by atoms with Gasteiger partial charge in [0.2, 0.25) is 0 Å². The summed E-state index contributed by atoms with van der Waals surface area (Å²) in [5.41, 5.74) is 3.65. The number of hydrogen-bond donors (Lipinski definition) is 1. The quantitative estimate of drug-likeness (QED) is 0.766. The Morgan fingerprint density at radius 3 is 3.04 bits per heavy atom. The molecule has 4 rings (SSSR count). The molecule has 0 unspecified atom stereocenters. The number of hydrogen-bond acceptors (Lipinski definition) is 4. The van der Waals surface area contributed by atoms with Gasteiger partial charge in [0.05, 0.1) is 17.4 Å². The minimum atomic E-state index is 0.636. The van der Waals surface area contributed by atoms with Gasteiger partial charge in [-0.15, -0.1) is 0 Å². The van der Waals surface area contributed by atoms with Crippen molar-refractivity contribution in [1.29, 1.82) is 0 Å². The van der Waals surface area contributed by atoms with Crippen molar-refractivity contribution in [1.82, 2.24) is 25.0 Å². The van der Waals surface area contributed by atoms with Crippen molar-refractivity contribution in [3.63, 3.8) is 0 Å². The number of aromatic nitrogens is 3. The van der Waals surface area contributed by atoms with Crippen LogP contribution >= 0.6 is 0 Å². The molecule has 0 aliphatic carbocycles. The van der Waals surface area contributed by atoms with Crippen LogP contribution in [0.25, 0.3) is 10.9 Å². The summed E-state index contributed by atoms with van der Waals surface area (Å²) in [7, 11) is 2.24. The van der Waals surface area contributed by atoms with Gasteiger partial charge in [-0.1, -0.05) is 18.2 Å². The highest BCUT2D eigenvalue weighted by atomic mass is 15.2. The summed E-state index contributed by atoms with van der Waals surface area (Å²) in [6, 6.07) is 13.4. The Bertz CT molecular complexity index is 829. The molecule has 1 aromatic carbocycles. The van der Waals surface area contributed by atoms with E-state index < -0.39 is 0 Å². The first-order valence-corrected chi connectivity index (χ1v) is 9.52. The Hall–Kier alpha value is -2.24. The maximum atomic E-state index is 4.47. The SMILES string of the molecule is CN(Cc1ccccn1)[C@@H]1CCCN(Cc2ccc3cn[nH]c3c2)CC1. The fraction of sp³-hybridized carbons (Fsp3) is 0.429. The van der Waals surface area contributed by atoms with Gasteiger partial charge >= 0.3 is 0 Å². The zero-order chi connectivity index (χ0) is 17.8. The van der Waals surface area contributed by atoms with Crippen molar-refractivity contribution in [3.8, 4) is 0 Å². The fourth-order valence-electron chi connectivity index (χ4n) is 3.95. The Morgan fingerprint density at radius 2 is 2.15 bits per heavy atom. The van der Waals surface area contributed by atoms with Gasteiger partial charge in [0.25, 0.3) is 0 Å². The highest BCUT2D eigenvalue weighted by Crippen LogP contribution is 2.20. The largest absolute Gasteiger partial charge is 0.299 e. The van der Waals surface area contributed by atoms with Gasteiger partial charge in [-0.2, -0.15) is 5.10 Å². The Morgan fingerprint density at radius 1 is 1.19 bits per heavy atom. The Kier molecular flexibility index (Phi) is 5.27. The number of benzene rings is 1. The van der Waals surface area contributed by atoms with Crippen LogP contribution in [0.4, 0.5) is 0 Å². The Labute approximate surface area is 155 Å². The normalized spacial score (nSPS) is 19.1. The van der Waals surface area contributed by atoms with Crippen molar-refractivity contribution < 1.29 is 0 Å². The van der Waals surface area contributed by atoms with Crippen molar-refractivity contribution in [3.05, 3.63) is 60.0 Å². The summed E-state index contributed by atoms with van der Waals surface area (Å²) < 4.78 is 0. The maximum absolute atomic E-state index is 4.47. The minimum Gasteiger partial charge on any atom is -0.299 e. The zero-order valence-corrected chi connectivity index (χ0v) is 15.4. The predicted molar refractivity (Wildman–Crippen MR) is 105 cm³/mol. The van der Waals surface area contributed by atoms with Gasteiger partial charge in [0.15, 0.2) is 0 Å². The van der Waals surface area contributed by atoms with Gasteiger partial charge < -0.3 is 0 Å². The molecule has 1 N–H and O–H groups in total. The lowest BCUT2D eigenvalue weighted by Crippen LogP contribution is -2.32. The molecule has 1 saturated heterocycles. The van der Waals surface area contributed by atoms with E-state index in [4.69, 9.17) is 0 Å². The molecule has 1 aliphatic rings. The van der Waals surface area contributed by atoms with Gasteiger partial charge in [0.1, 0.15) is 0 Å². The molecule has 3 heterocycles. The zero-order valence-electron chi connectivity index (χ0n) is 15.4. The summed E-state index contributed by atoms with van der Waals surface area (Å²) >= 11 is 0. The number of nitrogens with zero attached hydrogens (tertiary/aromatic N) is 4. The average Bonchev–Trinajstić information content (AvgIpc) is 3.00. The first-order valence-electron chi connectivity index (χ1n) is 9.52. The third-order valence-electron chi connectivity index (χ3n) is 5.46. The third kappa shape index (κ3) is 4.11. The lowest BCUT2D eigenvalue weighted by molar-refractivity contribution is 0.204. The summed E-state index contributed by atoms with van der Waals surface area (Å²) in [6.07, 6.45) is 7.50. The van der Waals surface area contributed by atoms with Crippen molar-refractivity contribution in [2.75, 3.05) is 20.1 Å². The number of H-pyrrole nitrogens is 1. The van der Waals surface area contributed by atoms with Crippen LogP contribution in [-0.2, 0) is 13.1 Å². The van der Waals surface area contributed by atoms with E-state index in [0.29, 0.717) is 6.04 Å². The summed E-state index contributed by atoms with van der Waals surface area (Å²) in [5.74, 6) is 0. The number of rotatable bonds is 5. The van der Waals surface area contributed by atoms with Crippen molar-refractivity contribution >= 4 is 10.9 Å². The molecule has 0 radical (unpaired) electrons. The first kappa shape index (κ1) is 17.2. The number of likely N-dealkylation sites (tertiary alicyclic amines) is 1. The van der Waals surface area contributed by atoms with E-state index in [9.17, 15) is 0 Å². The molecule has 0 spiro atoms. The molecule has 5 nitrogen and oxygen atoms in total. The molecule has 136 valence electrons. The molecule has 3 aromatic rings. The number of fused-ring (bicyclic) bond motifs is 1. The Balaban J connectivity index is 1.34. The molecule has 1 aliphatic heterocycles. The van der Waals surface area contributed by atoms with E-state index >= 15 is 0 Å². The van der Waals surface area contributed by atoms with Gasteiger partial charge in [-0.25, -0.2) is 0 Å². The van der Waals surface area contributed by atoms with Crippen LogP contribution in [0.5, 0.6) is 0 Å². The van der Waals surface area contributed by atoms with Crippen LogP contribution in [0.3, 0.4) is 0 Å². The summed E-state index contributed by atoms with van der Waals surface area (Å²) in [4.78, 5) is 9.53. The van der Waals surface area contributed by atoms with Gasteiger partial charge in [0, 0.05) is 30.7 Å². The van der Waals surface area contributed by atoms with Gasteiger partial charge in [-0.05, 0) is 63.2 Å². The molecule has 2 aromatic heterocycles. The second-order valence-corrected chi connectivity index (χ2v) is 7.39. The van der Waals surface area contributed by atoms with E-state index in [1.165, 1.54) is 36.8 Å². The second kappa shape index (κ2) is 7.98. The monoisotopic (exact) mass is 349 g/mol. The predicted octanol–water partition coefficient (Wildman–Crippen LogP) is 3.44. The average molecular weight is 349 g/mol. The molecule has 5 heteroatoms.